The molecule has 1 aliphatic heterocycles. The number of piperidine rings is 1. The Morgan fingerprint density at radius 3 is 2.60 bits per heavy atom. The van der Waals surface area contributed by atoms with Crippen molar-refractivity contribution in [2.75, 3.05) is 13.1 Å². The fraction of sp³-hybridized carbons (Fsp3) is 1.00. The summed E-state index contributed by atoms with van der Waals surface area (Å²) < 4.78 is 0. The molecule has 1 heterocycles. The van der Waals surface area contributed by atoms with Crippen LogP contribution < -0.4 is 5.32 Å². The zero-order chi connectivity index (χ0) is 6.10. The van der Waals surface area contributed by atoms with E-state index in [2.05, 4.69) is 5.32 Å². The predicted octanol–water partition coefficient (Wildman–Crippen LogP) is 1.82. The maximum atomic E-state index is 3.46. The van der Waals surface area contributed by atoms with E-state index in [0.717, 1.165) is 11.8 Å². The van der Waals surface area contributed by atoms with E-state index < -0.39 is 0 Å². The van der Waals surface area contributed by atoms with Crippen molar-refractivity contribution in [1.82, 2.24) is 5.32 Å². The highest BCUT2D eigenvalue weighted by Crippen LogP contribution is 2.34. The molecule has 0 aromatic heterocycles. The van der Waals surface area contributed by atoms with Crippen LogP contribution in [0.3, 0.4) is 0 Å². The molecular weight excluding hydrogens is 146 g/mol. The zero-order valence-corrected chi connectivity index (χ0v) is 7.12. The molecule has 2 heteroatoms. The molecule has 1 saturated carbocycles. The Morgan fingerprint density at radius 2 is 1.80 bits per heavy atom. The molecule has 0 aromatic carbocycles. The summed E-state index contributed by atoms with van der Waals surface area (Å²) in [6, 6.07) is 0. The average molecular weight is 162 g/mol. The van der Waals surface area contributed by atoms with E-state index in [9.17, 15) is 0 Å². The molecule has 0 radical (unpaired) electrons. The van der Waals surface area contributed by atoms with Gasteiger partial charge in [-0.05, 0) is 37.8 Å². The maximum Gasteiger partial charge on any atom is -0.00179 e. The smallest absolute Gasteiger partial charge is 0.00179 e. The van der Waals surface area contributed by atoms with Gasteiger partial charge in [0.2, 0.25) is 0 Å². The summed E-state index contributed by atoms with van der Waals surface area (Å²) in [5, 5.41) is 3.46. The van der Waals surface area contributed by atoms with Gasteiger partial charge in [0.1, 0.15) is 0 Å². The molecule has 0 bridgehead atoms. The summed E-state index contributed by atoms with van der Waals surface area (Å²) >= 11 is 0. The van der Waals surface area contributed by atoms with Gasteiger partial charge in [0.15, 0.2) is 0 Å². The summed E-state index contributed by atoms with van der Waals surface area (Å²) in [5.74, 6) is 2.16. The fourth-order valence-corrected chi connectivity index (χ4v) is 2.34. The van der Waals surface area contributed by atoms with Crippen LogP contribution in [0.4, 0.5) is 0 Å². The zero-order valence-electron chi connectivity index (χ0n) is 6.31. The molecular formula is C8H16ClN. The third-order valence-corrected chi connectivity index (χ3v) is 2.91. The van der Waals surface area contributed by atoms with Crippen LogP contribution in [-0.2, 0) is 0 Å². The minimum absolute atomic E-state index is 0. The van der Waals surface area contributed by atoms with Crippen molar-refractivity contribution in [2.24, 2.45) is 11.8 Å². The summed E-state index contributed by atoms with van der Waals surface area (Å²) in [7, 11) is 0. The van der Waals surface area contributed by atoms with Crippen molar-refractivity contribution >= 4 is 12.4 Å². The van der Waals surface area contributed by atoms with E-state index >= 15 is 0 Å². The predicted molar refractivity (Wildman–Crippen MR) is 45.6 cm³/mol. The van der Waals surface area contributed by atoms with E-state index in [1.165, 1.54) is 38.8 Å². The Balaban J connectivity index is 0.000000500. The van der Waals surface area contributed by atoms with E-state index in [1.807, 2.05) is 0 Å². The Kier molecular flexibility index (Phi) is 2.99. The van der Waals surface area contributed by atoms with Gasteiger partial charge in [0.05, 0.1) is 0 Å². The van der Waals surface area contributed by atoms with Crippen molar-refractivity contribution < 1.29 is 0 Å². The van der Waals surface area contributed by atoms with Crippen LogP contribution in [0.25, 0.3) is 0 Å². The Labute approximate surface area is 69.0 Å². The molecule has 1 saturated heterocycles. The highest BCUT2D eigenvalue weighted by molar-refractivity contribution is 5.85. The minimum atomic E-state index is 0. The lowest BCUT2D eigenvalue weighted by molar-refractivity contribution is 0.295. The van der Waals surface area contributed by atoms with Gasteiger partial charge in [0, 0.05) is 0 Å². The molecule has 2 fully saturated rings. The summed E-state index contributed by atoms with van der Waals surface area (Å²) in [5.41, 5.74) is 0. The Bertz CT molecular complexity index is 93.4. The van der Waals surface area contributed by atoms with Crippen molar-refractivity contribution in [3.05, 3.63) is 0 Å². The molecule has 1 N–H and O–H groups in total. The van der Waals surface area contributed by atoms with Gasteiger partial charge in [-0.3, -0.25) is 0 Å². The molecule has 10 heavy (non-hydrogen) atoms. The van der Waals surface area contributed by atoms with E-state index in [0.29, 0.717) is 0 Å². The molecule has 2 unspecified atom stereocenters. The van der Waals surface area contributed by atoms with Crippen LogP contribution in [-0.4, -0.2) is 13.1 Å². The van der Waals surface area contributed by atoms with Crippen LogP contribution in [0.15, 0.2) is 0 Å². The highest BCUT2D eigenvalue weighted by Gasteiger charge is 2.28. The molecule has 2 atom stereocenters. The van der Waals surface area contributed by atoms with Crippen molar-refractivity contribution in [2.45, 2.75) is 25.7 Å². The normalized spacial score (nSPS) is 38.4. The average Bonchev–Trinajstić information content (AvgIpc) is 2.33. The van der Waals surface area contributed by atoms with Gasteiger partial charge < -0.3 is 5.32 Å². The number of halogens is 1. The largest absolute Gasteiger partial charge is 0.316 e. The van der Waals surface area contributed by atoms with Gasteiger partial charge >= 0.3 is 0 Å². The summed E-state index contributed by atoms with van der Waals surface area (Å²) in [6.07, 6.45) is 5.96. The van der Waals surface area contributed by atoms with E-state index in [1.54, 1.807) is 0 Å². The molecule has 1 aliphatic carbocycles. The van der Waals surface area contributed by atoms with Crippen molar-refractivity contribution in [3.8, 4) is 0 Å². The van der Waals surface area contributed by atoms with Crippen LogP contribution in [0.5, 0.6) is 0 Å². The Hall–Kier alpha value is 0.250. The molecule has 2 rings (SSSR count). The first-order valence-corrected chi connectivity index (χ1v) is 4.17. The Morgan fingerprint density at radius 1 is 1.00 bits per heavy atom. The molecule has 2 aliphatic rings. The quantitative estimate of drug-likeness (QED) is 0.572. The SMILES string of the molecule is C1CC2CCNCC2C1.Cl. The third-order valence-electron chi connectivity index (χ3n) is 2.91. The first kappa shape index (κ1) is 8.35. The van der Waals surface area contributed by atoms with Gasteiger partial charge in [0.25, 0.3) is 0 Å². The van der Waals surface area contributed by atoms with Gasteiger partial charge in [-0.25, -0.2) is 0 Å². The van der Waals surface area contributed by atoms with Gasteiger partial charge in [-0.2, -0.15) is 0 Å². The lowest BCUT2D eigenvalue weighted by Crippen LogP contribution is -2.33. The van der Waals surface area contributed by atoms with E-state index in [4.69, 9.17) is 0 Å². The van der Waals surface area contributed by atoms with Gasteiger partial charge in [-0.15, -0.1) is 12.4 Å². The first-order chi connectivity index (χ1) is 4.47. The molecule has 0 spiro atoms. The second kappa shape index (κ2) is 3.59. The topological polar surface area (TPSA) is 12.0 Å². The minimum Gasteiger partial charge on any atom is -0.316 e. The second-order valence-electron chi connectivity index (χ2n) is 3.44. The third kappa shape index (κ3) is 1.46. The summed E-state index contributed by atoms with van der Waals surface area (Å²) in [6.45, 7) is 2.59. The van der Waals surface area contributed by atoms with Gasteiger partial charge in [-0.1, -0.05) is 12.8 Å². The second-order valence-corrected chi connectivity index (χ2v) is 3.44. The van der Waals surface area contributed by atoms with Crippen molar-refractivity contribution in [1.29, 1.82) is 0 Å². The van der Waals surface area contributed by atoms with Crippen LogP contribution >= 0.6 is 12.4 Å². The fourth-order valence-electron chi connectivity index (χ4n) is 2.34. The molecule has 0 aromatic rings. The standard InChI is InChI=1S/C8H15N.ClH/c1-2-7-4-5-9-6-8(7)3-1;/h7-9H,1-6H2;1H. The summed E-state index contributed by atoms with van der Waals surface area (Å²) in [4.78, 5) is 0. The lowest BCUT2D eigenvalue weighted by Gasteiger charge is -2.25. The van der Waals surface area contributed by atoms with Crippen LogP contribution in [0, 0.1) is 11.8 Å². The lowest BCUT2D eigenvalue weighted by atomic mass is 9.90. The van der Waals surface area contributed by atoms with Crippen LogP contribution in [0.1, 0.15) is 25.7 Å². The van der Waals surface area contributed by atoms with Crippen LogP contribution in [0.2, 0.25) is 0 Å². The number of fused-ring (bicyclic) bond motifs is 1. The number of hydrogen-bond donors (Lipinski definition) is 1. The number of nitrogens with one attached hydrogen (secondary N) is 1. The highest BCUT2D eigenvalue weighted by atomic mass is 35.5. The number of rotatable bonds is 0. The molecule has 0 amide bonds. The molecule has 1 nitrogen and oxygen atoms in total. The monoisotopic (exact) mass is 161 g/mol. The van der Waals surface area contributed by atoms with Crippen molar-refractivity contribution in [3.63, 3.8) is 0 Å². The molecule has 60 valence electrons. The van der Waals surface area contributed by atoms with E-state index in [-0.39, 0.29) is 12.4 Å². The first-order valence-electron chi connectivity index (χ1n) is 4.17. The number of hydrogen-bond acceptors (Lipinski definition) is 1. The maximum absolute atomic E-state index is 3.46.